The highest BCUT2D eigenvalue weighted by Gasteiger charge is 2.23. The molecule has 2 rings (SSSR count). The highest BCUT2D eigenvalue weighted by molar-refractivity contribution is 7.99. The van der Waals surface area contributed by atoms with E-state index in [2.05, 4.69) is 6.92 Å². The molecule has 1 aliphatic heterocycles. The maximum atomic E-state index is 8.75. The van der Waals surface area contributed by atoms with Gasteiger partial charge in [-0.05, 0) is 30.5 Å². The lowest BCUT2D eigenvalue weighted by Gasteiger charge is -2.11. The van der Waals surface area contributed by atoms with Gasteiger partial charge in [0, 0.05) is 4.90 Å². The molecule has 1 aliphatic rings. The summed E-state index contributed by atoms with van der Waals surface area (Å²) in [5.41, 5.74) is 0.215. The first-order valence-electron chi connectivity index (χ1n) is 6.00. The molecule has 1 N–H and O–H groups in total. The highest BCUT2D eigenvalue weighted by Crippen LogP contribution is 2.36. The second kappa shape index (κ2) is 6.66. The van der Waals surface area contributed by atoms with Crippen molar-refractivity contribution in [3.8, 4) is 5.75 Å². The van der Waals surface area contributed by atoms with Crippen molar-refractivity contribution in [3.05, 3.63) is 23.2 Å². The Kier molecular flexibility index (Phi) is 5.18. The minimum atomic E-state index is -0.0169. The Labute approximate surface area is 116 Å². The van der Waals surface area contributed by atoms with Crippen LogP contribution >= 0.6 is 23.4 Å². The number of rotatable bonds is 5. The van der Waals surface area contributed by atoms with Gasteiger partial charge in [0.2, 0.25) is 0 Å². The van der Waals surface area contributed by atoms with Crippen molar-refractivity contribution in [2.45, 2.75) is 23.7 Å². The molecule has 0 spiro atoms. The Morgan fingerprint density at radius 1 is 1.56 bits per heavy atom. The van der Waals surface area contributed by atoms with E-state index >= 15 is 0 Å². The first-order valence-corrected chi connectivity index (χ1v) is 7.26. The summed E-state index contributed by atoms with van der Waals surface area (Å²) in [5.74, 6) is 1.24. The van der Waals surface area contributed by atoms with Crippen LogP contribution in [0.1, 0.15) is 13.3 Å². The molecule has 0 aliphatic carbocycles. The molecule has 0 amide bonds. The fraction of sp³-hybridized carbons (Fsp3) is 0.538. The third kappa shape index (κ3) is 3.79. The number of halogens is 1. The summed E-state index contributed by atoms with van der Waals surface area (Å²) in [7, 11) is 0. The van der Waals surface area contributed by atoms with Crippen molar-refractivity contribution in [2.24, 2.45) is 5.92 Å². The summed E-state index contributed by atoms with van der Waals surface area (Å²) in [4.78, 5) is 1.08. The first-order chi connectivity index (χ1) is 8.69. The van der Waals surface area contributed by atoms with Gasteiger partial charge in [0.15, 0.2) is 0 Å². The third-order valence-corrected chi connectivity index (χ3v) is 4.11. The molecule has 2 atom stereocenters. The number of aliphatic hydroxyl groups is 1. The number of hydrogen-bond donors (Lipinski definition) is 1. The van der Waals surface area contributed by atoms with Crippen molar-refractivity contribution >= 4 is 23.4 Å². The average molecular weight is 289 g/mol. The van der Waals surface area contributed by atoms with Gasteiger partial charge in [0.1, 0.15) is 17.8 Å². The Morgan fingerprint density at radius 3 is 3.06 bits per heavy atom. The topological polar surface area (TPSA) is 38.7 Å². The van der Waals surface area contributed by atoms with Gasteiger partial charge in [-0.15, -0.1) is 0 Å². The molecule has 0 saturated carbocycles. The summed E-state index contributed by atoms with van der Waals surface area (Å²) < 4.78 is 11.0. The van der Waals surface area contributed by atoms with Crippen LogP contribution in [-0.4, -0.2) is 30.4 Å². The lowest BCUT2D eigenvalue weighted by atomic mass is 10.2. The van der Waals surface area contributed by atoms with Crippen molar-refractivity contribution < 1.29 is 14.6 Å². The van der Waals surface area contributed by atoms with Crippen molar-refractivity contribution in [1.29, 1.82) is 0 Å². The van der Waals surface area contributed by atoms with E-state index in [1.54, 1.807) is 11.8 Å². The first kappa shape index (κ1) is 14.0. The molecular formula is C13H17ClO3S. The number of aliphatic hydroxyl groups excluding tert-OH is 1. The smallest absolute Gasteiger partial charge is 0.139 e. The lowest BCUT2D eigenvalue weighted by Crippen LogP contribution is -2.02. The number of ether oxygens (including phenoxy) is 2. The van der Waals surface area contributed by atoms with Crippen molar-refractivity contribution in [1.82, 2.24) is 0 Å². The standard InChI is InChI=1S/C13H17ClO3S/c1-9-6-13(17-8-9)18-10-2-3-11(14)12(7-10)16-5-4-15/h2-3,7,9,13,15H,4-6,8H2,1H3/t9-,13?/m1/s1. The maximum absolute atomic E-state index is 8.75. The van der Waals surface area contributed by atoms with E-state index in [0.717, 1.165) is 17.9 Å². The third-order valence-electron chi connectivity index (χ3n) is 2.68. The molecule has 1 fully saturated rings. The minimum absolute atomic E-state index is 0.0169. The molecular weight excluding hydrogens is 272 g/mol. The van der Waals surface area contributed by atoms with E-state index in [0.29, 0.717) is 16.7 Å². The number of thioether (sulfide) groups is 1. The zero-order chi connectivity index (χ0) is 13.0. The predicted octanol–water partition coefficient (Wildman–Crippen LogP) is 3.19. The molecule has 0 bridgehead atoms. The van der Waals surface area contributed by atoms with Crippen molar-refractivity contribution in [2.75, 3.05) is 19.8 Å². The van der Waals surface area contributed by atoms with Gasteiger partial charge >= 0.3 is 0 Å². The number of benzene rings is 1. The molecule has 1 unspecified atom stereocenters. The molecule has 18 heavy (non-hydrogen) atoms. The normalized spacial score (nSPS) is 23.3. The summed E-state index contributed by atoms with van der Waals surface area (Å²) in [6, 6.07) is 5.68. The van der Waals surface area contributed by atoms with E-state index in [1.807, 2.05) is 18.2 Å². The van der Waals surface area contributed by atoms with E-state index < -0.39 is 0 Å². The Balaban J connectivity index is 2.00. The van der Waals surface area contributed by atoms with E-state index in [4.69, 9.17) is 26.2 Å². The highest BCUT2D eigenvalue weighted by atomic mass is 35.5. The fourth-order valence-corrected chi connectivity index (χ4v) is 3.16. The second-order valence-corrected chi connectivity index (χ2v) is 6.03. The van der Waals surface area contributed by atoms with Gasteiger partial charge in [-0.2, -0.15) is 0 Å². The van der Waals surface area contributed by atoms with E-state index in [9.17, 15) is 0 Å². The molecule has 1 saturated heterocycles. The minimum Gasteiger partial charge on any atom is -0.490 e. The van der Waals surface area contributed by atoms with E-state index in [-0.39, 0.29) is 18.6 Å². The second-order valence-electron chi connectivity index (χ2n) is 4.39. The molecule has 1 heterocycles. The van der Waals surface area contributed by atoms with Crippen LogP contribution in [-0.2, 0) is 4.74 Å². The average Bonchev–Trinajstić information content (AvgIpc) is 2.75. The van der Waals surface area contributed by atoms with Crippen LogP contribution in [0.25, 0.3) is 0 Å². The summed E-state index contributed by atoms with van der Waals surface area (Å²) in [6.45, 7) is 3.26. The van der Waals surface area contributed by atoms with E-state index in [1.165, 1.54) is 0 Å². The lowest BCUT2D eigenvalue weighted by molar-refractivity contribution is 0.166. The van der Waals surface area contributed by atoms with Gasteiger partial charge in [-0.25, -0.2) is 0 Å². The van der Waals surface area contributed by atoms with Crippen LogP contribution in [0.2, 0.25) is 5.02 Å². The molecule has 0 aromatic heterocycles. The SMILES string of the molecule is C[C@H]1COC(Sc2ccc(Cl)c(OCCO)c2)C1. The zero-order valence-electron chi connectivity index (χ0n) is 10.3. The van der Waals surface area contributed by atoms with Crippen LogP contribution in [0, 0.1) is 5.92 Å². The molecule has 1 aromatic rings. The molecule has 1 aromatic carbocycles. The summed E-state index contributed by atoms with van der Waals surface area (Å²) in [6.07, 6.45) is 1.07. The quantitative estimate of drug-likeness (QED) is 0.903. The fourth-order valence-electron chi connectivity index (χ4n) is 1.79. The Morgan fingerprint density at radius 2 is 2.39 bits per heavy atom. The van der Waals surface area contributed by atoms with Gasteiger partial charge in [-0.1, -0.05) is 30.3 Å². The zero-order valence-corrected chi connectivity index (χ0v) is 11.8. The van der Waals surface area contributed by atoms with Crippen LogP contribution in [0.15, 0.2) is 23.1 Å². The maximum Gasteiger partial charge on any atom is 0.139 e. The van der Waals surface area contributed by atoms with Crippen LogP contribution in [0.3, 0.4) is 0 Å². The van der Waals surface area contributed by atoms with Gasteiger partial charge in [0.25, 0.3) is 0 Å². The van der Waals surface area contributed by atoms with Crippen LogP contribution < -0.4 is 4.74 Å². The Bertz CT molecular complexity index is 400. The van der Waals surface area contributed by atoms with Gasteiger partial charge in [0.05, 0.1) is 18.2 Å². The summed E-state index contributed by atoms with van der Waals surface area (Å²) in [5, 5.41) is 9.32. The Hall–Kier alpha value is -0.420. The van der Waals surface area contributed by atoms with Crippen LogP contribution in [0.5, 0.6) is 5.75 Å². The van der Waals surface area contributed by atoms with Gasteiger partial charge in [-0.3, -0.25) is 0 Å². The monoisotopic (exact) mass is 288 g/mol. The number of hydrogen-bond acceptors (Lipinski definition) is 4. The molecule has 5 heteroatoms. The molecule has 0 radical (unpaired) electrons. The molecule has 100 valence electrons. The van der Waals surface area contributed by atoms with Crippen LogP contribution in [0.4, 0.5) is 0 Å². The molecule has 3 nitrogen and oxygen atoms in total. The summed E-state index contributed by atoms with van der Waals surface area (Å²) >= 11 is 7.71. The predicted molar refractivity (Wildman–Crippen MR) is 73.4 cm³/mol. The largest absolute Gasteiger partial charge is 0.490 e. The van der Waals surface area contributed by atoms with Gasteiger partial charge < -0.3 is 14.6 Å². The van der Waals surface area contributed by atoms with Crippen molar-refractivity contribution in [3.63, 3.8) is 0 Å².